The third-order valence-electron chi connectivity index (χ3n) is 1.49. The van der Waals surface area contributed by atoms with Crippen LogP contribution in [-0.2, 0) is 9.59 Å². The molecule has 0 fully saturated rings. The third kappa shape index (κ3) is 13.8. The van der Waals surface area contributed by atoms with E-state index in [1.807, 2.05) is 0 Å². The molecule has 0 bridgehead atoms. The van der Waals surface area contributed by atoms with E-state index in [9.17, 15) is 9.59 Å². The topological polar surface area (TPSA) is 115 Å². The third-order valence-corrected chi connectivity index (χ3v) is 1.49. The molecule has 0 aliphatic rings. The number of rotatable bonds is 2. The van der Waals surface area contributed by atoms with Gasteiger partial charge in [0.05, 0.1) is 0 Å². The van der Waals surface area contributed by atoms with Crippen molar-refractivity contribution in [3.8, 4) is 11.5 Å². The Balaban J connectivity index is 0. The second-order valence-corrected chi connectivity index (χ2v) is 2.98. The van der Waals surface area contributed by atoms with E-state index in [0.717, 1.165) is 0 Å². The molecule has 0 spiro atoms. The summed E-state index contributed by atoms with van der Waals surface area (Å²) in [5.41, 5.74) is 0. The summed E-state index contributed by atoms with van der Waals surface area (Å²) in [6.45, 7) is 3.20. The second kappa shape index (κ2) is 11.3. The lowest BCUT2D eigenvalue weighted by atomic mass is 10.3. The number of hydrogen-bond donors (Lipinski definition) is 4. The van der Waals surface area contributed by atoms with Gasteiger partial charge in [-0.05, 0) is 12.1 Å². The molecule has 0 atom stereocenters. The largest absolute Gasteiger partial charge is 0.504 e. The van der Waals surface area contributed by atoms with E-state index in [1.165, 1.54) is 12.1 Å². The normalized spacial score (nSPS) is 8.11. The summed E-state index contributed by atoms with van der Waals surface area (Å²) in [6, 6.07) is 6.15. The maximum atomic E-state index is 9.37. The van der Waals surface area contributed by atoms with Crippen LogP contribution in [0.1, 0.15) is 26.7 Å². The average Bonchev–Trinajstić information content (AvgIpc) is 2.34. The number of carboxylic acids is 2. The molecule has 0 aliphatic carbocycles. The minimum absolute atomic E-state index is 0.0764. The number of phenols is 2. The van der Waals surface area contributed by atoms with Crippen LogP contribution in [0.25, 0.3) is 0 Å². The van der Waals surface area contributed by atoms with Gasteiger partial charge in [-0.2, -0.15) is 0 Å². The molecule has 0 radical (unpaired) electrons. The van der Waals surface area contributed by atoms with Crippen molar-refractivity contribution in [1.82, 2.24) is 0 Å². The minimum Gasteiger partial charge on any atom is -0.504 e. The van der Waals surface area contributed by atoms with Gasteiger partial charge in [0.1, 0.15) is 0 Å². The standard InChI is InChI=1S/C6H6O2.2C3H6O2/c7-5-3-1-2-4-6(5)8;2*1-2-3(4)5/h1-4,7-8H;2*2H2,1H3,(H,4,5). The predicted molar refractivity (Wildman–Crippen MR) is 65.6 cm³/mol. The Kier molecular flexibility index (Phi) is 11.3. The summed E-state index contributed by atoms with van der Waals surface area (Å²) in [4.78, 5) is 18.7. The van der Waals surface area contributed by atoms with Crippen molar-refractivity contribution in [2.75, 3.05) is 0 Å². The smallest absolute Gasteiger partial charge is 0.303 e. The molecule has 4 N–H and O–H groups in total. The molecule has 0 amide bonds. The van der Waals surface area contributed by atoms with Crippen molar-refractivity contribution in [3.63, 3.8) is 0 Å². The molecular formula is C12H18O6. The van der Waals surface area contributed by atoms with E-state index in [0.29, 0.717) is 0 Å². The van der Waals surface area contributed by atoms with Crippen LogP contribution in [0.15, 0.2) is 24.3 Å². The summed E-state index contributed by atoms with van der Waals surface area (Å²) in [5, 5.41) is 32.8. The van der Waals surface area contributed by atoms with Gasteiger partial charge in [-0.3, -0.25) is 9.59 Å². The predicted octanol–water partition coefficient (Wildman–Crippen LogP) is 2.06. The first-order valence-corrected chi connectivity index (χ1v) is 5.25. The van der Waals surface area contributed by atoms with Crippen molar-refractivity contribution in [1.29, 1.82) is 0 Å². The molecule has 0 aliphatic heterocycles. The summed E-state index contributed by atoms with van der Waals surface area (Å²) in [6.07, 6.45) is 0.444. The van der Waals surface area contributed by atoms with Crippen molar-refractivity contribution in [2.24, 2.45) is 0 Å². The Labute approximate surface area is 105 Å². The number of para-hydroxylation sites is 2. The molecule has 1 rings (SSSR count). The Morgan fingerprint density at radius 1 is 0.889 bits per heavy atom. The SMILES string of the molecule is CCC(=O)O.CCC(=O)O.Oc1ccccc1O. The van der Waals surface area contributed by atoms with Crippen LogP contribution in [0.3, 0.4) is 0 Å². The van der Waals surface area contributed by atoms with Gasteiger partial charge in [-0.25, -0.2) is 0 Å². The van der Waals surface area contributed by atoms with Gasteiger partial charge in [-0.15, -0.1) is 0 Å². The van der Waals surface area contributed by atoms with Crippen LogP contribution < -0.4 is 0 Å². The Bertz CT molecular complexity index is 326. The highest BCUT2D eigenvalue weighted by Gasteiger charge is 1.90. The molecule has 0 aromatic heterocycles. The lowest BCUT2D eigenvalue weighted by molar-refractivity contribution is -0.137. The lowest BCUT2D eigenvalue weighted by Gasteiger charge is -1.91. The Morgan fingerprint density at radius 3 is 1.22 bits per heavy atom. The van der Waals surface area contributed by atoms with Gasteiger partial charge < -0.3 is 20.4 Å². The molecule has 0 heterocycles. The molecule has 1 aromatic rings. The molecule has 102 valence electrons. The lowest BCUT2D eigenvalue weighted by Crippen LogP contribution is -1.86. The molecule has 6 nitrogen and oxygen atoms in total. The first-order chi connectivity index (χ1) is 8.34. The number of phenolic OH excluding ortho intramolecular Hbond substituents is 2. The van der Waals surface area contributed by atoms with Crippen molar-refractivity contribution >= 4 is 11.9 Å². The van der Waals surface area contributed by atoms with E-state index in [1.54, 1.807) is 26.0 Å². The zero-order valence-corrected chi connectivity index (χ0v) is 10.3. The van der Waals surface area contributed by atoms with Crippen molar-refractivity contribution in [2.45, 2.75) is 26.7 Å². The highest BCUT2D eigenvalue weighted by atomic mass is 16.4. The van der Waals surface area contributed by atoms with E-state index in [-0.39, 0.29) is 24.3 Å². The average molecular weight is 258 g/mol. The van der Waals surface area contributed by atoms with Gasteiger partial charge in [0, 0.05) is 12.8 Å². The fraction of sp³-hybridized carbons (Fsp3) is 0.333. The maximum absolute atomic E-state index is 9.37. The van der Waals surface area contributed by atoms with E-state index in [2.05, 4.69) is 0 Å². The number of carbonyl (C=O) groups is 2. The van der Waals surface area contributed by atoms with Crippen LogP contribution >= 0.6 is 0 Å². The van der Waals surface area contributed by atoms with Crippen LogP contribution in [0, 0.1) is 0 Å². The zero-order valence-electron chi connectivity index (χ0n) is 10.3. The Morgan fingerprint density at radius 2 is 1.11 bits per heavy atom. The summed E-state index contributed by atoms with van der Waals surface area (Å²) >= 11 is 0. The number of aromatic hydroxyl groups is 2. The number of benzene rings is 1. The van der Waals surface area contributed by atoms with Gasteiger partial charge in [0.2, 0.25) is 0 Å². The van der Waals surface area contributed by atoms with Crippen molar-refractivity contribution < 1.29 is 30.0 Å². The van der Waals surface area contributed by atoms with Crippen LogP contribution in [0.5, 0.6) is 11.5 Å². The van der Waals surface area contributed by atoms with E-state index < -0.39 is 11.9 Å². The highest BCUT2D eigenvalue weighted by Crippen LogP contribution is 2.21. The van der Waals surface area contributed by atoms with Gasteiger partial charge in [0.25, 0.3) is 0 Å². The zero-order chi connectivity index (χ0) is 14.6. The molecule has 18 heavy (non-hydrogen) atoms. The number of hydrogen-bond acceptors (Lipinski definition) is 4. The van der Waals surface area contributed by atoms with Gasteiger partial charge in [0.15, 0.2) is 11.5 Å². The Hall–Kier alpha value is -2.24. The summed E-state index contributed by atoms with van der Waals surface area (Å²) < 4.78 is 0. The summed E-state index contributed by atoms with van der Waals surface area (Å²) in [5.74, 6) is -1.64. The maximum Gasteiger partial charge on any atom is 0.303 e. The second-order valence-electron chi connectivity index (χ2n) is 2.98. The van der Waals surface area contributed by atoms with Crippen LogP contribution in [0.2, 0.25) is 0 Å². The van der Waals surface area contributed by atoms with Crippen LogP contribution in [0.4, 0.5) is 0 Å². The monoisotopic (exact) mass is 258 g/mol. The molecule has 6 heteroatoms. The minimum atomic E-state index is -0.745. The molecule has 0 unspecified atom stereocenters. The first kappa shape index (κ1) is 18.1. The van der Waals surface area contributed by atoms with E-state index in [4.69, 9.17) is 20.4 Å². The number of carboxylic acid groups (broad SMARTS) is 2. The molecule has 0 saturated carbocycles. The van der Waals surface area contributed by atoms with Crippen molar-refractivity contribution in [3.05, 3.63) is 24.3 Å². The fourth-order valence-electron chi connectivity index (χ4n) is 0.464. The molecule has 0 saturated heterocycles. The summed E-state index contributed by atoms with van der Waals surface area (Å²) in [7, 11) is 0. The number of aliphatic carboxylic acids is 2. The van der Waals surface area contributed by atoms with Crippen LogP contribution in [-0.4, -0.2) is 32.4 Å². The first-order valence-electron chi connectivity index (χ1n) is 5.25. The van der Waals surface area contributed by atoms with Gasteiger partial charge >= 0.3 is 11.9 Å². The molecular weight excluding hydrogens is 240 g/mol. The highest BCUT2D eigenvalue weighted by molar-refractivity contribution is 5.66. The van der Waals surface area contributed by atoms with E-state index >= 15 is 0 Å². The fourth-order valence-corrected chi connectivity index (χ4v) is 0.464. The quantitative estimate of drug-likeness (QED) is 0.603. The van der Waals surface area contributed by atoms with Gasteiger partial charge in [-0.1, -0.05) is 26.0 Å². The molecule has 1 aromatic carbocycles.